The van der Waals surface area contributed by atoms with Crippen molar-refractivity contribution < 1.29 is 4.79 Å². The second kappa shape index (κ2) is 6.16. The predicted molar refractivity (Wildman–Crippen MR) is 86.4 cm³/mol. The number of hydrogen-bond acceptors (Lipinski definition) is 2. The summed E-state index contributed by atoms with van der Waals surface area (Å²) in [5.74, 6) is 0.0283. The molecule has 2 aromatic rings. The summed E-state index contributed by atoms with van der Waals surface area (Å²) in [6.07, 6.45) is 3.58. The van der Waals surface area contributed by atoms with Crippen LogP contribution in [0.1, 0.15) is 34.8 Å². The summed E-state index contributed by atoms with van der Waals surface area (Å²) in [6.45, 7) is 0.759. The molecular weight excluding hydrogens is 352 g/mol. The maximum atomic E-state index is 12.7. The minimum atomic E-state index is 0.0283. The van der Waals surface area contributed by atoms with Crippen molar-refractivity contribution in [3.05, 3.63) is 63.3 Å². The Morgan fingerprint density at radius 2 is 2.14 bits per heavy atom. The third kappa shape index (κ3) is 2.97. The lowest BCUT2D eigenvalue weighted by atomic mass is 10.0. The Morgan fingerprint density at radius 1 is 1.33 bits per heavy atom. The van der Waals surface area contributed by atoms with Gasteiger partial charge in [-0.05, 0) is 52.5 Å². The molecule has 1 aliphatic heterocycles. The third-order valence-electron chi connectivity index (χ3n) is 3.75. The van der Waals surface area contributed by atoms with Gasteiger partial charge >= 0.3 is 0 Å². The van der Waals surface area contributed by atoms with Crippen LogP contribution < -0.4 is 0 Å². The summed E-state index contributed by atoms with van der Waals surface area (Å²) in [5.41, 5.74) is 1.67. The first kappa shape index (κ1) is 14.5. The van der Waals surface area contributed by atoms with Crippen LogP contribution in [0.4, 0.5) is 0 Å². The first-order valence-electron chi connectivity index (χ1n) is 6.84. The Kier molecular flexibility index (Phi) is 4.27. The first-order chi connectivity index (χ1) is 10.2. The fourth-order valence-electron chi connectivity index (χ4n) is 2.78. The van der Waals surface area contributed by atoms with E-state index in [9.17, 15) is 4.79 Å². The summed E-state index contributed by atoms with van der Waals surface area (Å²) in [4.78, 5) is 18.7. The molecule has 0 radical (unpaired) electrons. The average molecular weight is 366 g/mol. The molecule has 1 aromatic carbocycles. The second-order valence-corrected chi connectivity index (χ2v) is 6.27. The molecule has 108 valence electrons. The zero-order chi connectivity index (χ0) is 14.8. The fraction of sp³-hybridized carbons (Fsp3) is 0.250. The van der Waals surface area contributed by atoms with E-state index < -0.39 is 0 Å². The Labute approximate surface area is 137 Å². The summed E-state index contributed by atoms with van der Waals surface area (Å²) < 4.78 is 0.668. The standard InChI is InChI=1S/C16H14BrClN2O/c17-15-10-11(7-8-19-15)16(21)20-9-3-6-14(20)12-4-1-2-5-13(12)18/h1-2,4-5,7-8,10,14H,3,6,9H2. The number of halogens is 2. The smallest absolute Gasteiger partial charge is 0.254 e. The number of pyridine rings is 1. The highest BCUT2D eigenvalue weighted by Gasteiger charge is 2.31. The normalized spacial score (nSPS) is 18.0. The molecule has 1 unspecified atom stereocenters. The number of benzene rings is 1. The minimum Gasteiger partial charge on any atom is -0.332 e. The third-order valence-corrected chi connectivity index (χ3v) is 4.53. The van der Waals surface area contributed by atoms with E-state index in [2.05, 4.69) is 20.9 Å². The van der Waals surface area contributed by atoms with E-state index in [-0.39, 0.29) is 11.9 Å². The van der Waals surface area contributed by atoms with Gasteiger partial charge in [0.05, 0.1) is 6.04 Å². The van der Waals surface area contributed by atoms with Crippen LogP contribution in [0, 0.1) is 0 Å². The van der Waals surface area contributed by atoms with Gasteiger partial charge in [0, 0.05) is 23.3 Å². The van der Waals surface area contributed by atoms with E-state index in [1.807, 2.05) is 29.2 Å². The Morgan fingerprint density at radius 3 is 2.90 bits per heavy atom. The minimum absolute atomic E-state index is 0.0283. The lowest BCUT2D eigenvalue weighted by molar-refractivity contribution is 0.0735. The molecular formula is C16H14BrClN2O. The van der Waals surface area contributed by atoms with Crippen LogP contribution in [-0.4, -0.2) is 22.3 Å². The summed E-state index contributed by atoms with van der Waals surface area (Å²) in [6, 6.07) is 11.3. The van der Waals surface area contributed by atoms with Crippen molar-refractivity contribution in [2.75, 3.05) is 6.54 Å². The highest BCUT2D eigenvalue weighted by atomic mass is 79.9. The molecule has 0 aliphatic carbocycles. The van der Waals surface area contributed by atoms with Gasteiger partial charge in [-0.15, -0.1) is 0 Å². The molecule has 1 aromatic heterocycles. The highest BCUT2D eigenvalue weighted by Crippen LogP contribution is 2.36. The van der Waals surface area contributed by atoms with Gasteiger partial charge in [0.25, 0.3) is 5.91 Å². The topological polar surface area (TPSA) is 33.2 Å². The first-order valence-corrected chi connectivity index (χ1v) is 8.01. The Balaban J connectivity index is 1.91. The summed E-state index contributed by atoms with van der Waals surface area (Å²) >= 11 is 9.60. The summed E-state index contributed by atoms with van der Waals surface area (Å²) in [7, 11) is 0. The molecule has 1 atom stereocenters. The molecule has 1 fully saturated rings. The van der Waals surface area contributed by atoms with Gasteiger partial charge in [-0.25, -0.2) is 4.98 Å². The van der Waals surface area contributed by atoms with Crippen LogP contribution in [0.15, 0.2) is 47.2 Å². The molecule has 5 heteroatoms. The van der Waals surface area contributed by atoms with Crippen LogP contribution in [-0.2, 0) is 0 Å². The second-order valence-electron chi connectivity index (χ2n) is 5.05. The Bertz CT molecular complexity index is 677. The number of carbonyl (C=O) groups excluding carboxylic acids is 1. The number of rotatable bonds is 2. The summed E-state index contributed by atoms with van der Waals surface area (Å²) in [5, 5.41) is 0.720. The quantitative estimate of drug-likeness (QED) is 0.735. The molecule has 0 bridgehead atoms. The SMILES string of the molecule is O=C(c1ccnc(Br)c1)N1CCCC1c1ccccc1Cl. The van der Waals surface area contributed by atoms with Gasteiger partial charge < -0.3 is 4.90 Å². The van der Waals surface area contributed by atoms with E-state index in [0.717, 1.165) is 30.0 Å². The molecule has 1 aliphatic rings. The van der Waals surface area contributed by atoms with Crippen LogP contribution in [0.2, 0.25) is 5.02 Å². The molecule has 3 nitrogen and oxygen atoms in total. The molecule has 0 saturated carbocycles. The van der Waals surface area contributed by atoms with Gasteiger partial charge in [0.2, 0.25) is 0 Å². The van der Waals surface area contributed by atoms with Crippen molar-refractivity contribution in [3.8, 4) is 0 Å². The molecule has 0 spiro atoms. The van der Waals surface area contributed by atoms with Crippen LogP contribution in [0.5, 0.6) is 0 Å². The van der Waals surface area contributed by atoms with E-state index in [1.54, 1.807) is 18.3 Å². The van der Waals surface area contributed by atoms with E-state index in [4.69, 9.17) is 11.6 Å². The van der Waals surface area contributed by atoms with Crippen LogP contribution in [0.25, 0.3) is 0 Å². The van der Waals surface area contributed by atoms with Crippen molar-refractivity contribution in [1.29, 1.82) is 0 Å². The van der Waals surface area contributed by atoms with Gasteiger partial charge in [0.1, 0.15) is 4.60 Å². The van der Waals surface area contributed by atoms with Crippen LogP contribution in [0.3, 0.4) is 0 Å². The monoisotopic (exact) mass is 364 g/mol. The number of nitrogens with zero attached hydrogens (tertiary/aromatic N) is 2. The average Bonchev–Trinajstić information content (AvgIpc) is 2.96. The lowest BCUT2D eigenvalue weighted by Crippen LogP contribution is -2.30. The van der Waals surface area contributed by atoms with Crippen LogP contribution >= 0.6 is 27.5 Å². The predicted octanol–water partition coefficient (Wildman–Crippen LogP) is 4.47. The van der Waals surface area contributed by atoms with E-state index >= 15 is 0 Å². The van der Waals surface area contributed by atoms with Crippen molar-refractivity contribution in [2.24, 2.45) is 0 Å². The number of carbonyl (C=O) groups is 1. The van der Waals surface area contributed by atoms with Crippen molar-refractivity contribution in [1.82, 2.24) is 9.88 Å². The molecule has 2 heterocycles. The van der Waals surface area contributed by atoms with E-state index in [0.29, 0.717) is 10.2 Å². The molecule has 3 rings (SSSR count). The van der Waals surface area contributed by atoms with Gasteiger partial charge in [-0.1, -0.05) is 29.8 Å². The maximum Gasteiger partial charge on any atom is 0.254 e. The van der Waals surface area contributed by atoms with Gasteiger partial charge in [-0.2, -0.15) is 0 Å². The van der Waals surface area contributed by atoms with Crippen molar-refractivity contribution in [2.45, 2.75) is 18.9 Å². The largest absolute Gasteiger partial charge is 0.332 e. The van der Waals surface area contributed by atoms with Crippen molar-refractivity contribution >= 4 is 33.4 Å². The molecule has 1 saturated heterocycles. The number of aromatic nitrogens is 1. The zero-order valence-electron chi connectivity index (χ0n) is 11.3. The molecule has 21 heavy (non-hydrogen) atoms. The van der Waals surface area contributed by atoms with Crippen molar-refractivity contribution in [3.63, 3.8) is 0 Å². The molecule has 0 N–H and O–H groups in total. The number of hydrogen-bond donors (Lipinski definition) is 0. The maximum absolute atomic E-state index is 12.7. The fourth-order valence-corrected chi connectivity index (χ4v) is 3.41. The Hall–Kier alpha value is -1.39. The van der Waals surface area contributed by atoms with E-state index in [1.165, 1.54) is 0 Å². The molecule has 1 amide bonds. The lowest BCUT2D eigenvalue weighted by Gasteiger charge is -2.26. The highest BCUT2D eigenvalue weighted by molar-refractivity contribution is 9.10. The number of amides is 1. The van der Waals surface area contributed by atoms with Gasteiger partial charge in [0.15, 0.2) is 0 Å². The zero-order valence-corrected chi connectivity index (χ0v) is 13.6. The van der Waals surface area contributed by atoms with Gasteiger partial charge in [-0.3, -0.25) is 4.79 Å². The number of likely N-dealkylation sites (tertiary alicyclic amines) is 1.